The molecule has 1 unspecified atom stereocenters. The van der Waals surface area contributed by atoms with E-state index in [1.807, 2.05) is 6.92 Å². The number of hydrogen-bond acceptors (Lipinski definition) is 3. The normalized spacial score (nSPS) is 18.0. The molecule has 1 aliphatic rings. The van der Waals surface area contributed by atoms with Gasteiger partial charge < -0.3 is 15.0 Å². The van der Waals surface area contributed by atoms with Gasteiger partial charge >= 0.3 is 0 Å². The van der Waals surface area contributed by atoms with Crippen LogP contribution < -0.4 is 10.1 Å². The first kappa shape index (κ1) is 16.6. The van der Waals surface area contributed by atoms with E-state index in [1.54, 1.807) is 23.1 Å². The monoisotopic (exact) mass is 324 g/mol. The molecule has 1 atom stereocenters. The fourth-order valence-corrected chi connectivity index (χ4v) is 2.75. The Morgan fingerprint density at radius 3 is 2.95 bits per heavy atom. The highest BCUT2D eigenvalue weighted by Gasteiger charge is 2.24. The van der Waals surface area contributed by atoms with Gasteiger partial charge in [0, 0.05) is 36.6 Å². The Bertz CT molecular complexity index is 562. The minimum absolute atomic E-state index is 0.0199. The van der Waals surface area contributed by atoms with Gasteiger partial charge in [0.1, 0.15) is 5.75 Å². The zero-order chi connectivity index (χ0) is 16.1. The van der Waals surface area contributed by atoms with Gasteiger partial charge in [-0.3, -0.25) is 9.59 Å². The van der Waals surface area contributed by atoms with Crippen molar-refractivity contribution < 1.29 is 14.3 Å². The molecule has 1 N–H and O–H groups in total. The van der Waals surface area contributed by atoms with E-state index in [9.17, 15) is 9.59 Å². The van der Waals surface area contributed by atoms with Crippen molar-refractivity contribution in [2.45, 2.75) is 32.7 Å². The number of rotatable bonds is 4. The summed E-state index contributed by atoms with van der Waals surface area (Å²) in [5, 5.41) is 3.48. The van der Waals surface area contributed by atoms with Crippen LogP contribution in [0.3, 0.4) is 0 Å². The summed E-state index contributed by atoms with van der Waals surface area (Å²) in [6.45, 7) is 4.57. The maximum Gasteiger partial charge on any atom is 0.260 e. The van der Waals surface area contributed by atoms with Crippen molar-refractivity contribution >= 4 is 23.4 Å². The quantitative estimate of drug-likeness (QED) is 0.923. The number of nitrogens with zero attached hydrogens (tertiary/aromatic N) is 1. The predicted molar refractivity (Wildman–Crippen MR) is 85.1 cm³/mol. The van der Waals surface area contributed by atoms with Crippen LogP contribution in [0.15, 0.2) is 18.2 Å². The van der Waals surface area contributed by atoms with Crippen molar-refractivity contribution in [3.63, 3.8) is 0 Å². The molecule has 2 rings (SSSR count). The number of carbonyl (C=O) groups excluding carboxylic acids is 2. The summed E-state index contributed by atoms with van der Waals surface area (Å²) in [5.74, 6) is 0.482. The minimum Gasteiger partial charge on any atom is -0.483 e. The Morgan fingerprint density at radius 2 is 2.23 bits per heavy atom. The van der Waals surface area contributed by atoms with Crippen molar-refractivity contribution in [1.29, 1.82) is 0 Å². The summed E-state index contributed by atoms with van der Waals surface area (Å²) >= 11 is 6.03. The fourth-order valence-electron chi connectivity index (χ4n) is 2.58. The third-order valence-electron chi connectivity index (χ3n) is 3.75. The Labute approximate surface area is 135 Å². The van der Waals surface area contributed by atoms with Gasteiger partial charge in [0.05, 0.1) is 0 Å². The highest BCUT2D eigenvalue weighted by atomic mass is 35.5. The Morgan fingerprint density at radius 1 is 1.45 bits per heavy atom. The molecular formula is C16H21ClN2O3. The molecule has 0 spiro atoms. The third kappa shape index (κ3) is 4.37. The average Bonchev–Trinajstić information content (AvgIpc) is 2.48. The van der Waals surface area contributed by atoms with Crippen molar-refractivity contribution in [3.8, 4) is 5.75 Å². The SMILES string of the molecule is CC(=O)NC1CCCN(C(=O)COc2cccc(Cl)c2C)C1. The smallest absolute Gasteiger partial charge is 0.260 e. The molecule has 0 saturated carbocycles. The number of likely N-dealkylation sites (tertiary alicyclic amines) is 1. The predicted octanol–water partition coefficient (Wildman–Crippen LogP) is 2.15. The molecule has 1 aliphatic heterocycles. The second-order valence-corrected chi connectivity index (χ2v) is 5.94. The Kier molecular flexibility index (Phi) is 5.66. The Hall–Kier alpha value is -1.75. The number of nitrogens with one attached hydrogen (secondary N) is 1. The van der Waals surface area contributed by atoms with Crippen LogP contribution in [0.5, 0.6) is 5.75 Å². The van der Waals surface area contributed by atoms with Crippen LogP contribution in [0.4, 0.5) is 0 Å². The molecule has 0 bridgehead atoms. The van der Waals surface area contributed by atoms with E-state index in [0.717, 1.165) is 18.4 Å². The van der Waals surface area contributed by atoms with Crippen molar-refractivity contribution in [3.05, 3.63) is 28.8 Å². The van der Waals surface area contributed by atoms with Gasteiger partial charge in [0.15, 0.2) is 6.61 Å². The second kappa shape index (κ2) is 7.49. The third-order valence-corrected chi connectivity index (χ3v) is 4.16. The van der Waals surface area contributed by atoms with Crippen molar-refractivity contribution in [1.82, 2.24) is 10.2 Å². The van der Waals surface area contributed by atoms with E-state index >= 15 is 0 Å². The molecule has 2 amide bonds. The van der Waals surface area contributed by atoms with E-state index in [0.29, 0.717) is 23.9 Å². The number of amides is 2. The summed E-state index contributed by atoms with van der Waals surface area (Å²) in [6, 6.07) is 5.41. The Balaban J connectivity index is 1.89. The number of piperidine rings is 1. The van der Waals surface area contributed by atoms with Crippen LogP contribution >= 0.6 is 11.6 Å². The van der Waals surface area contributed by atoms with E-state index in [-0.39, 0.29) is 24.5 Å². The maximum atomic E-state index is 12.3. The molecule has 1 fully saturated rings. The first-order valence-corrected chi connectivity index (χ1v) is 7.78. The summed E-state index contributed by atoms with van der Waals surface area (Å²) in [6.07, 6.45) is 1.78. The highest BCUT2D eigenvalue weighted by molar-refractivity contribution is 6.31. The lowest BCUT2D eigenvalue weighted by atomic mass is 10.1. The second-order valence-electron chi connectivity index (χ2n) is 5.53. The van der Waals surface area contributed by atoms with E-state index < -0.39 is 0 Å². The molecular weight excluding hydrogens is 304 g/mol. The zero-order valence-corrected chi connectivity index (χ0v) is 13.7. The number of hydrogen-bond donors (Lipinski definition) is 1. The van der Waals surface area contributed by atoms with E-state index in [2.05, 4.69) is 5.32 Å². The molecule has 120 valence electrons. The molecule has 5 nitrogen and oxygen atoms in total. The first-order chi connectivity index (χ1) is 10.5. The standard InChI is InChI=1S/C16H21ClN2O3/c1-11-14(17)6-3-7-15(11)22-10-16(21)19-8-4-5-13(9-19)18-12(2)20/h3,6-7,13H,4-5,8-10H2,1-2H3,(H,18,20). The molecule has 0 aliphatic carbocycles. The molecule has 1 saturated heterocycles. The lowest BCUT2D eigenvalue weighted by molar-refractivity contribution is -0.135. The van der Waals surface area contributed by atoms with Gasteiger partial charge in [-0.15, -0.1) is 0 Å². The molecule has 6 heteroatoms. The van der Waals surface area contributed by atoms with Crippen LogP contribution in [0.1, 0.15) is 25.3 Å². The zero-order valence-electron chi connectivity index (χ0n) is 12.9. The topological polar surface area (TPSA) is 58.6 Å². The average molecular weight is 325 g/mol. The van der Waals surface area contributed by atoms with Crippen LogP contribution in [0, 0.1) is 6.92 Å². The van der Waals surface area contributed by atoms with E-state index in [1.165, 1.54) is 6.92 Å². The first-order valence-electron chi connectivity index (χ1n) is 7.40. The van der Waals surface area contributed by atoms with Gasteiger partial charge in [-0.05, 0) is 31.9 Å². The highest BCUT2D eigenvalue weighted by Crippen LogP contribution is 2.25. The number of halogens is 1. The van der Waals surface area contributed by atoms with Crippen molar-refractivity contribution in [2.75, 3.05) is 19.7 Å². The lowest BCUT2D eigenvalue weighted by Gasteiger charge is -2.33. The van der Waals surface area contributed by atoms with Gasteiger partial charge in [0.25, 0.3) is 5.91 Å². The summed E-state index contributed by atoms with van der Waals surface area (Å²) in [4.78, 5) is 25.1. The molecule has 22 heavy (non-hydrogen) atoms. The molecule has 0 aromatic heterocycles. The van der Waals surface area contributed by atoms with Crippen LogP contribution in [0.25, 0.3) is 0 Å². The van der Waals surface area contributed by atoms with Crippen LogP contribution in [-0.2, 0) is 9.59 Å². The van der Waals surface area contributed by atoms with E-state index in [4.69, 9.17) is 16.3 Å². The molecule has 1 aromatic rings. The van der Waals surface area contributed by atoms with Crippen LogP contribution in [0.2, 0.25) is 5.02 Å². The van der Waals surface area contributed by atoms with Crippen molar-refractivity contribution in [2.24, 2.45) is 0 Å². The summed E-state index contributed by atoms with van der Waals surface area (Å²) in [7, 11) is 0. The molecule has 1 aromatic carbocycles. The molecule has 0 radical (unpaired) electrons. The van der Waals surface area contributed by atoms with Gasteiger partial charge in [-0.25, -0.2) is 0 Å². The number of carbonyl (C=O) groups is 2. The molecule has 1 heterocycles. The van der Waals surface area contributed by atoms with Gasteiger partial charge in [-0.1, -0.05) is 17.7 Å². The van der Waals surface area contributed by atoms with Gasteiger partial charge in [0.2, 0.25) is 5.91 Å². The summed E-state index contributed by atoms with van der Waals surface area (Å²) < 4.78 is 5.59. The summed E-state index contributed by atoms with van der Waals surface area (Å²) in [5.41, 5.74) is 0.826. The lowest BCUT2D eigenvalue weighted by Crippen LogP contribution is -2.50. The largest absolute Gasteiger partial charge is 0.483 e. The minimum atomic E-state index is -0.0746. The number of benzene rings is 1. The van der Waals surface area contributed by atoms with Gasteiger partial charge in [-0.2, -0.15) is 0 Å². The fraction of sp³-hybridized carbons (Fsp3) is 0.500. The maximum absolute atomic E-state index is 12.3. The van der Waals surface area contributed by atoms with Crippen LogP contribution in [-0.4, -0.2) is 42.5 Å². The number of ether oxygens (including phenoxy) is 1.